The third-order valence-corrected chi connectivity index (χ3v) is 5.88. The number of fused-ring (bicyclic) bond motifs is 1. The summed E-state index contributed by atoms with van der Waals surface area (Å²) in [6.07, 6.45) is 1.49. The first-order valence-electron chi connectivity index (χ1n) is 10.9. The SMILES string of the molecule is CCCN1CCc2cc(NC(=O)C(C(=O)N[C@H]3CCOC3O)c3ccccc3)ccc21. The Morgan fingerprint density at radius 2 is 2.00 bits per heavy atom. The van der Waals surface area contributed by atoms with E-state index in [0.717, 1.165) is 25.9 Å². The number of carbonyl (C=O) groups excluding carboxylic acids is 2. The van der Waals surface area contributed by atoms with Crippen LogP contribution in [-0.2, 0) is 20.7 Å². The molecule has 3 atom stereocenters. The molecule has 0 saturated carbocycles. The topological polar surface area (TPSA) is 90.9 Å². The minimum atomic E-state index is -1.05. The number of nitrogens with zero attached hydrogens (tertiary/aromatic N) is 1. The van der Waals surface area contributed by atoms with E-state index in [-0.39, 0.29) is 0 Å². The minimum Gasteiger partial charge on any atom is -0.371 e. The molecule has 0 radical (unpaired) electrons. The maximum absolute atomic E-state index is 13.2. The van der Waals surface area contributed by atoms with Crippen molar-refractivity contribution in [2.75, 3.05) is 29.9 Å². The van der Waals surface area contributed by atoms with Crippen LogP contribution in [0.1, 0.15) is 36.8 Å². The van der Waals surface area contributed by atoms with Crippen molar-refractivity contribution in [3.8, 4) is 0 Å². The molecule has 1 saturated heterocycles. The molecule has 0 bridgehead atoms. The Bertz CT molecular complexity index is 934. The fourth-order valence-electron chi connectivity index (χ4n) is 4.32. The molecule has 7 nitrogen and oxygen atoms in total. The van der Waals surface area contributed by atoms with Crippen LogP contribution < -0.4 is 15.5 Å². The monoisotopic (exact) mass is 423 g/mol. The molecule has 2 aromatic carbocycles. The van der Waals surface area contributed by atoms with E-state index in [0.29, 0.717) is 24.3 Å². The molecule has 2 aliphatic heterocycles. The van der Waals surface area contributed by atoms with Gasteiger partial charge < -0.3 is 25.4 Å². The van der Waals surface area contributed by atoms with Gasteiger partial charge in [0.1, 0.15) is 5.92 Å². The molecule has 164 valence electrons. The van der Waals surface area contributed by atoms with Crippen molar-refractivity contribution in [1.82, 2.24) is 5.32 Å². The van der Waals surface area contributed by atoms with Gasteiger partial charge in [-0.15, -0.1) is 0 Å². The third kappa shape index (κ3) is 4.73. The molecule has 2 unspecified atom stereocenters. The van der Waals surface area contributed by atoms with Crippen LogP contribution in [-0.4, -0.2) is 48.9 Å². The van der Waals surface area contributed by atoms with E-state index in [1.807, 2.05) is 24.3 Å². The second kappa shape index (κ2) is 9.49. The molecule has 7 heteroatoms. The zero-order chi connectivity index (χ0) is 21.8. The van der Waals surface area contributed by atoms with E-state index in [1.54, 1.807) is 24.3 Å². The number of benzene rings is 2. The number of amides is 2. The molecular formula is C24H29N3O4. The molecule has 2 heterocycles. The maximum atomic E-state index is 13.2. The van der Waals surface area contributed by atoms with Crippen molar-refractivity contribution >= 4 is 23.2 Å². The molecule has 4 rings (SSSR count). The Morgan fingerprint density at radius 1 is 1.19 bits per heavy atom. The molecule has 31 heavy (non-hydrogen) atoms. The van der Waals surface area contributed by atoms with Gasteiger partial charge in [0.15, 0.2) is 6.29 Å². The summed E-state index contributed by atoms with van der Waals surface area (Å²) in [5, 5.41) is 15.6. The number of hydrogen-bond donors (Lipinski definition) is 3. The molecule has 0 aromatic heterocycles. The van der Waals surface area contributed by atoms with Crippen molar-refractivity contribution in [3.05, 3.63) is 59.7 Å². The van der Waals surface area contributed by atoms with Crippen LogP contribution in [0.4, 0.5) is 11.4 Å². The summed E-state index contributed by atoms with van der Waals surface area (Å²) in [6.45, 7) is 4.55. The molecule has 0 spiro atoms. The number of anilines is 2. The summed E-state index contributed by atoms with van der Waals surface area (Å²) in [4.78, 5) is 28.6. The summed E-state index contributed by atoms with van der Waals surface area (Å²) in [5.41, 5.74) is 3.70. The molecule has 2 aliphatic rings. The van der Waals surface area contributed by atoms with E-state index >= 15 is 0 Å². The summed E-state index contributed by atoms with van der Waals surface area (Å²) in [7, 11) is 0. The van der Waals surface area contributed by atoms with Gasteiger partial charge in [0.25, 0.3) is 0 Å². The van der Waals surface area contributed by atoms with Crippen molar-refractivity contribution in [2.24, 2.45) is 0 Å². The molecule has 1 fully saturated rings. The average molecular weight is 424 g/mol. The van der Waals surface area contributed by atoms with Crippen molar-refractivity contribution < 1.29 is 19.4 Å². The van der Waals surface area contributed by atoms with Gasteiger partial charge in [-0.1, -0.05) is 37.3 Å². The summed E-state index contributed by atoms with van der Waals surface area (Å²) in [5.74, 6) is -1.88. The van der Waals surface area contributed by atoms with Gasteiger partial charge in [0.05, 0.1) is 12.6 Å². The number of aliphatic hydroxyl groups excluding tert-OH is 1. The van der Waals surface area contributed by atoms with Crippen LogP contribution in [0.2, 0.25) is 0 Å². The fourth-order valence-corrected chi connectivity index (χ4v) is 4.32. The summed E-state index contributed by atoms with van der Waals surface area (Å²) >= 11 is 0. The van der Waals surface area contributed by atoms with Gasteiger partial charge in [0, 0.05) is 24.5 Å². The van der Waals surface area contributed by atoms with Gasteiger partial charge in [-0.2, -0.15) is 0 Å². The van der Waals surface area contributed by atoms with E-state index in [1.165, 1.54) is 11.3 Å². The Morgan fingerprint density at radius 3 is 2.71 bits per heavy atom. The van der Waals surface area contributed by atoms with Crippen LogP contribution in [0.15, 0.2) is 48.5 Å². The van der Waals surface area contributed by atoms with Crippen molar-refractivity contribution in [1.29, 1.82) is 0 Å². The second-order valence-corrected chi connectivity index (χ2v) is 8.08. The quantitative estimate of drug-likeness (QED) is 0.595. The molecule has 3 N–H and O–H groups in total. The zero-order valence-electron chi connectivity index (χ0n) is 17.7. The predicted octanol–water partition coefficient (Wildman–Crippen LogP) is 2.40. The highest BCUT2D eigenvalue weighted by Crippen LogP contribution is 2.31. The van der Waals surface area contributed by atoms with Crippen LogP contribution >= 0.6 is 0 Å². The number of carbonyl (C=O) groups is 2. The largest absolute Gasteiger partial charge is 0.371 e. The van der Waals surface area contributed by atoms with E-state index in [4.69, 9.17) is 4.74 Å². The molecule has 2 aromatic rings. The first-order chi connectivity index (χ1) is 15.1. The molecule has 0 aliphatic carbocycles. The van der Waals surface area contributed by atoms with E-state index < -0.39 is 30.1 Å². The highest BCUT2D eigenvalue weighted by molar-refractivity contribution is 6.11. The Balaban J connectivity index is 1.52. The highest BCUT2D eigenvalue weighted by Gasteiger charge is 2.34. The van der Waals surface area contributed by atoms with Crippen LogP contribution in [0, 0.1) is 0 Å². The third-order valence-electron chi connectivity index (χ3n) is 5.88. The maximum Gasteiger partial charge on any atom is 0.241 e. The van der Waals surface area contributed by atoms with Crippen LogP contribution in [0.25, 0.3) is 0 Å². The normalized spacial score (nSPS) is 20.9. The number of rotatable bonds is 7. The van der Waals surface area contributed by atoms with Gasteiger partial charge in [-0.25, -0.2) is 0 Å². The Labute approximate surface area is 182 Å². The van der Waals surface area contributed by atoms with Crippen LogP contribution in [0.3, 0.4) is 0 Å². The second-order valence-electron chi connectivity index (χ2n) is 8.08. The highest BCUT2D eigenvalue weighted by atomic mass is 16.6. The Hall–Kier alpha value is -2.90. The van der Waals surface area contributed by atoms with Crippen molar-refractivity contribution in [3.63, 3.8) is 0 Å². The number of hydrogen-bond acceptors (Lipinski definition) is 5. The standard InChI is InChI=1S/C24H29N3O4/c1-2-12-27-13-10-17-15-18(8-9-20(17)27)25-22(28)21(16-6-4-3-5-7-16)23(29)26-19-11-14-31-24(19)30/h3-9,15,19,21,24,30H,2,10-14H2,1H3,(H,25,28)(H,26,29)/t19-,21?,24?/m0/s1. The van der Waals surface area contributed by atoms with E-state index in [9.17, 15) is 14.7 Å². The van der Waals surface area contributed by atoms with Gasteiger partial charge >= 0.3 is 0 Å². The predicted molar refractivity (Wildman–Crippen MR) is 119 cm³/mol. The lowest BCUT2D eigenvalue weighted by Gasteiger charge is -2.21. The summed E-state index contributed by atoms with van der Waals surface area (Å²) < 4.78 is 5.11. The lowest BCUT2D eigenvalue weighted by molar-refractivity contribution is -0.132. The van der Waals surface area contributed by atoms with Gasteiger partial charge in [-0.3, -0.25) is 9.59 Å². The first kappa shape index (κ1) is 21.3. The lowest BCUT2D eigenvalue weighted by atomic mass is 9.96. The number of ether oxygens (including phenoxy) is 1. The zero-order valence-corrected chi connectivity index (χ0v) is 17.7. The smallest absolute Gasteiger partial charge is 0.241 e. The van der Waals surface area contributed by atoms with E-state index in [2.05, 4.69) is 22.5 Å². The van der Waals surface area contributed by atoms with Gasteiger partial charge in [-0.05, 0) is 48.6 Å². The Kier molecular flexibility index (Phi) is 6.53. The lowest BCUT2D eigenvalue weighted by Crippen LogP contribution is -2.45. The summed E-state index contributed by atoms with van der Waals surface area (Å²) in [6, 6.07) is 14.4. The molecule has 2 amide bonds. The van der Waals surface area contributed by atoms with Crippen molar-refractivity contribution in [2.45, 2.75) is 44.4 Å². The minimum absolute atomic E-state index is 0.373. The molecular weight excluding hydrogens is 394 g/mol. The first-order valence-corrected chi connectivity index (χ1v) is 10.9. The fraction of sp³-hybridized carbons (Fsp3) is 0.417. The van der Waals surface area contributed by atoms with Gasteiger partial charge in [0.2, 0.25) is 11.8 Å². The average Bonchev–Trinajstić information content (AvgIpc) is 3.35. The number of nitrogens with one attached hydrogen (secondary N) is 2. The van der Waals surface area contributed by atoms with Crippen LogP contribution in [0.5, 0.6) is 0 Å². The number of aliphatic hydroxyl groups is 1.